The average molecular weight is 266 g/mol. The first-order chi connectivity index (χ1) is 8.99. The van der Waals surface area contributed by atoms with Gasteiger partial charge in [0.15, 0.2) is 6.61 Å². The fourth-order valence-corrected chi connectivity index (χ4v) is 1.45. The Bertz CT molecular complexity index is 429. The molecule has 0 unspecified atom stereocenters. The van der Waals surface area contributed by atoms with Gasteiger partial charge in [-0.2, -0.15) is 0 Å². The highest BCUT2D eigenvalue weighted by Gasteiger charge is 2.04. The third-order valence-electron chi connectivity index (χ3n) is 2.48. The minimum atomic E-state index is -1.13. The Hall–Kier alpha value is -2.08. The van der Waals surface area contributed by atoms with E-state index in [2.05, 4.69) is 10.3 Å². The average Bonchev–Trinajstić information content (AvgIpc) is 2.36. The van der Waals surface area contributed by atoms with Gasteiger partial charge in [-0.3, -0.25) is 9.63 Å². The molecule has 0 fully saturated rings. The molecule has 6 heteroatoms. The van der Waals surface area contributed by atoms with Crippen molar-refractivity contribution in [2.45, 2.75) is 12.8 Å². The summed E-state index contributed by atoms with van der Waals surface area (Å²) in [6, 6.07) is 7.88. The third-order valence-corrected chi connectivity index (χ3v) is 2.48. The molecule has 0 spiro atoms. The van der Waals surface area contributed by atoms with Gasteiger partial charge in [0.25, 0.3) is 0 Å². The Balaban J connectivity index is 2.31. The molecule has 0 bridgehead atoms. The number of hydroxylamine groups is 1. The number of hydrogen-bond acceptors (Lipinski definition) is 4. The third kappa shape index (κ3) is 5.87. The van der Waals surface area contributed by atoms with Crippen molar-refractivity contribution in [3.8, 4) is 0 Å². The molecule has 0 radical (unpaired) electrons. The van der Waals surface area contributed by atoms with Gasteiger partial charge in [-0.25, -0.2) is 10.3 Å². The minimum Gasteiger partial charge on any atom is -0.479 e. The van der Waals surface area contributed by atoms with Crippen LogP contribution in [0.2, 0.25) is 0 Å². The van der Waals surface area contributed by atoms with Crippen LogP contribution in [-0.4, -0.2) is 37.7 Å². The van der Waals surface area contributed by atoms with E-state index in [-0.39, 0.29) is 12.3 Å². The summed E-state index contributed by atoms with van der Waals surface area (Å²) in [5, 5.41) is 8.32. The van der Waals surface area contributed by atoms with Crippen LogP contribution in [0.5, 0.6) is 0 Å². The number of carbonyl (C=O) groups is 2. The van der Waals surface area contributed by atoms with Crippen LogP contribution in [0.3, 0.4) is 0 Å². The molecule has 19 heavy (non-hydrogen) atoms. The standard InChI is InChI=1S/C13H18N2O4/c1-15(2)11-6-3-10(4-7-11)5-8-12(16)14-19-9-13(17)18/h3-4,6-7H,5,8-9H2,1-2H3,(H,14,16)(H,17,18). The summed E-state index contributed by atoms with van der Waals surface area (Å²) in [5.74, 6) is -1.46. The lowest BCUT2D eigenvalue weighted by Crippen LogP contribution is -2.26. The van der Waals surface area contributed by atoms with Crippen LogP contribution < -0.4 is 10.4 Å². The Kier molecular flexibility index (Phi) is 5.81. The maximum atomic E-state index is 11.3. The summed E-state index contributed by atoms with van der Waals surface area (Å²) in [7, 11) is 3.92. The second-order valence-corrected chi connectivity index (χ2v) is 4.27. The largest absolute Gasteiger partial charge is 0.479 e. The van der Waals surface area contributed by atoms with Crippen molar-refractivity contribution in [3.05, 3.63) is 29.8 Å². The van der Waals surface area contributed by atoms with Crippen LogP contribution in [0.4, 0.5) is 5.69 Å². The van der Waals surface area contributed by atoms with Crippen LogP contribution >= 0.6 is 0 Å². The lowest BCUT2D eigenvalue weighted by Gasteiger charge is -2.12. The zero-order valence-electron chi connectivity index (χ0n) is 11.0. The van der Waals surface area contributed by atoms with Crippen molar-refractivity contribution in [3.63, 3.8) is 0 Å². The van der Waals surface area contributed by atoms with Gasteiger partial charge in [0.05, 0.1) is 0 Å². The van der Waals surface area contributed by atoms with E-state index >= 15 is 0 Å². The number of aryl methyl sites for hydroxylation is 1. The molecule has 2 N–H and O–H groups in total. The predicted octanol–water partition coefficient (Wildman–Crippen LogP) is 0.818. The second kappa shape index (κ2) is 7.38. The Morgan fingerprint density at radius 1 is 1.26 bits per heavy atom. The fraction of sp³-hybridized carbons (Fsp3) is 0.385. The number of carbonyl (C=O) groups excluding carboxylic acids is 1. The predicted molar refractivity (Wildman–Crippen MR) is 70.8 cm³/mol. The van der Waals surface area contributed by atoms with Crippen molar-refractivity contribution in [1.82, 2.24) is 5.48 Å². The number of benzene rings is 1. The van der Waals surface area contributed by atoms with E-state index in [1.807, 2.05) is 43.3 Å². The highest BCUT2D eigenvalue weighted by atomic mass is 16.7. The van der Waals surface area contributed by atoms with Crippen LogP contribution in [0, 0.1) is 0 Å². The molecule has 0 aliphatic heterocycles. The maximum Gasteiger partial charge on any atom is 0.332 e. The van der Waals surface area contributed by atoms with Crippen LogP contribution in [0.15, 0.2) is 24.3 Å². The molecular weight excluding hydrogens is 248 g/mol. The summed E-state index contributed by atoms with van der Waals surface area (Å²) in [6.45, 7) is -0.538. The number of hydrogen-bond donors (Lipinski definition) is 2. The van der Waals surface area contributed by atoms with Crippen molar-refractivity contribution < 1.29 is 19.5 Å². The first-order valence-corrected chi connectivity index (χ1v) is 5.87. The zero-order valence-corrected chi connectivity index (χ0v) is 11.0. The molecule has 1 aromatic carbocycles. The van der Waals surface area contributed by atoms with Gasteiger partial charge in [0.1, 0.15) is 0 Å². The zero-order chi connectivity index (χ0) is 14.3. The molecule has 1 amide bonds. The number of carboxylic acid groups (broad SMARTS) is 1. The first kappa shape index (κ1) is 15.0. The molecule has 0 aliphatic carbocycles. The van der Waals surface area contributed by atoms with Crippen LogP contribution in [-0.2, 0) is 20.8 Å². The number of rotatable bonds is 7. The first-order valence-electron chi connectivity index (χ1n) is 5.87. The van der Waals surface area contributed by atoms with Crippen molar-refractivity contribution in [2.75, 3.05) is 25.6 Å². The molecule has 1 rings (SSSR count). The van der Waals surface area contributed by atoms with Gasteiger partial charge < -0.3 is 10.0 Å². The van der Waals surface area contributed by atoms with Gasteiger partial charge in [-0.15, -0.1) is 0 Å². The van der Waals surface area contributed by atoms with Crippen LogP contribution in [0.25, 0.3) is 0 Å². The SMILES string of the molecule is CN(C)c1ccc(CCC(=O)NOCC(=O)O)cc1. The Morgan fingerprint density at radius 2 is 1.89 bits per heavy atom. The maximum absolute atomic E-state index is 11.3. The number of aliphatic carboxylic acids is 1. The van der Waals surface area contributed by atoms with E-state index in [1.54, 1.807) is 0 Å². The van der Waals surface area contributed by atoms with Gasteiger partial charge in [-0.05, 0) is 24.1 Å². The Labute approximate surface area is 111 Å². The van der Waals surface area contributed by atoms with E-state index in [0.29, 0.717) is 6.42 Å². The van der Waals surface area contributed by atoms with E-state index in [9.17, 15) is 9.59 Å². The second-order valence-electron chi connectivity index (χ2n) is 4.27. The van der Waals surface area contributed by atoms with E-state index in [0.717, 1.165) is 11.3 Å². The summed E-state index contributed by atoms with van der Waals surface area (Å²) in [5.41, 5.74) is 4.22. The van der Waals surface area contributed by atoms with Gasteiger partial charge >= 0.3 is 5.97 Å². The molecule has 6 nitrogen and oxygen atoms in total. The monoisotopic (exact) mass is 266 g/mol. The summed E-state index contributed by atoms with van der Waals surface area (Å²) in [6.07, 6.45) is 0.830. The van der Waals surface area contributed by atoms with Crippen molar-refractivity contribution in [1.29, 1.82) is 0 Å². The van der Waals surface area contributed by atoms with Crippen molar-refractivity contribution in [2.24, 2.45) is 0 Å². The quantitative estimate of drug-likeness (QED) is 0.714. The topological polar surface area (TPSA) is 78.9 Å². The van der Waals surface area contributed by atoms with Gasteiger partial charge in [0, 0.05) is 26.2 Å². The van der Waals surface area contributed by atoms with E-state index in [1.165, 1.54) is 0 Å². The molecule has 0 saturated carbocycles. The molecule has 1 aromatic rings. The lowest BCUT2D eigenvalue weighted by atomic mass is 10.1. The number of amides is 1. The van der Waals surface area contributed by atoms with E-state index < -0.39 is 12.6 Å². The molecule has 0 heterocycles. The highest BCUT2D eigenvalue weighted by molar-refractivity contribution is 5.75. The normalized spacial score (nSPS) is 10.0. The minimum absolute atomic E-state index is 0.251. The lowest BCUT2D eigenvalue weighted by molar-refractivity contribution is -0.149. The smallest absolute Gasteiger partial charge is 0.332 e. The summed E-state index contributed by atoms with van der Waals surface area (Å²) in [4.78, 5) is 28.0. The summed E-state index contributed by atoms with van der Waals surface area (Å²) >= 11 is 0. The molecule has 0 aliphatic rings. The molecule has 104 valence electrons. The molecule has 0 atom stereocenters. The molecule has 0 aromatic heterocycles. The number of nitrogens with zero attached hydrogens (tertiary/aromatic N) is 1. The number of carboxylic acids is 1. The highest BCUT2D eigenvalue weighted by Crippen LogP contribution is 2.13. The van der Waals surface area contributed by atoms with Crippen LogP contribution in [0.1, 0.15) is 12.0 Å². The molecular formula is C13H18N2O4. The number of anilines is 1. The molecule has 0 saturated heterocycles. The van der Waals surface area contributed by atoms with E-state index in [4.69, 9.17) is 5.11 Å². The summed E-state index contributed by atoms with van der Waals surface area (Å²) < 4.78 is 0. The van der Waals surface area contributed by atoms with Gasteiger partial charge in [-0.1, -0.05) is 12.1 Å². The number of nitrogens with one attached hydrogen (secondary N) is 1. The fourth-order valence-electron chi connectivity index (χ4n) is 1.45. The van der Waals surface area contributed by atoms with Gasteiger partial charge in [0.2, 0.25) is 5.91 Å². The Morgan fingerprint density at radius 3 is 2.42 bits per heavy atom. The van der Waals surface area contributed by atoms with Crippen molar-refractivity contribution >= 4 is 17.6 Å².